The van der Waals surface area contributed by atoms with Crippen LogP contribution < -0.4 is 0 Å². The molecule has 1 aromatic carbocycles. The summed E-state index contributed by atoms with van der Waals surface area (Å²) < 4.78 is 2.35. The van der Waals surface area contributed by atoms with Crippen molar-refractivity contribution in [2.24, 2.45) is 0 Å². The van der Waals surface area contributed by atoms with E-state index in [4.69, 9.17) is 0 Å². The number of amides is 1. The molecule has 0 saturated carbocycles. The first kappa shape index (κ1) is 19.0. The molecular weight excluding hydrogens is 322 g/mol. The lowest BCUT2D eigenvalue weighted by Gasteiger charge is -2.35. The standard InChI is InChI=1S/C22H33N3O/c1-6-11-23(12-7-2)18(5)22(26)24-13-10-20-17(4)19-14-16(3)8-9-21(19)25(20)15-24/h8-9,14,18H,6-7,10-13,15H2,1-5H3. The first-order valence-corrected chi connectivity index (χ1v) is 10.1. The van der Waals surface area contributed by atoms with Crippen LogP contribution in [0, 0.1) is 13.8 Å². The molecule has 0 aliphatic carbocycles. The van der Waals surface area contributed by atoms with Gasteiger partial charge in [-0.1, -0.05) is 25.5 Å². The molecule has 4 heteroatoms. The Morgan fingerprint density at radius 1 is 1.19 bits per heavy atom. The van der Waals surface area contributed by atoms with Gasteiger partial charge in [-0.2, -0.15) is 0 Å². The summed E-state index contributed by atoms with van der Waals surface area (Å²) in [7, 11) is 0. The number of carbonyl (C=O) groups is 1. The maximum atomic E-state index is 13.2. The molecule has 26 heavy (non-hydrogen) atoms. The van der Waals surface area contributed by atoms with Crippen molar-refractivity contribution in [3.8, 4) is 0 Å². The Morgan fingerprint density at radius 2 is 1.88 bits per heavy atom. The number of aryl methyl sites for hydroxylation is 2. The van der Waals surface area contributed by atoms with Gasteiger partial charge in [0.1, 0.15) is 0 Å². The van der Waals surface area contributed by atoms with Gasteiger partial charge in [-0.3, -0.25) is 9.69 Å². The number of hydrogen-bond donors (Lipinski definition) is 0. The van der Waals surface area contributed by atoms with Crippen LogP contribution in [0.3, 0.4) is 0 Å². The molecule has 0 spiro atoms. The maximum Gasteiger partial charge on any atom is 0.241 e. The Kier molecular flexibility index (Phi) is 5.71. The molecule has 0 N–H and O–H groups in total. The van der Waals surface area contributed by atoms with Crippen molar-refractivity contribution in [2.45, 2.75) is 66.6 Å². The van der Waals surface area contributed by atoms with Crippen LogP contribution in [0.15, 0.2) is 18.2 Å². The van der Waals surface area contributed by atoms with E-state index in [9.17, 15) is 4.79 Å². The van der Waals surface area contributed by atoms with Crippen molar-refractivity contribution in [3.05, 3.63) is 35.0 Å². The average molecular weight is 356 g/mol. The average Bonchev–Trinajstić information content (AvgIpc) is 2.92. The number of carbonyl (C=O) groups excluding carboxylic acids is 1. The first-order chi connectivity index (χ1) is 12.5. The second-order valence-electron chi connectivity index (χ2n) is 7.73. The van der Waals surface area contributed by atoms with Gasteiger partial charge in [-0.25, -0.2) is 0 Å². The van der Waals surface area contributed by atoms with Gasteiger partial charge >= 0.3 is 0 Å². The number of aromatic nitrogens is 1. The van der Waals surface area contributed by atoms with Crippen molar-refractivity contribution in [3.63, 3.8) is 0 Å². The van der Waals surface area contributed by atoms with Gasteiger partial charge in [0.2, 0.25) is 5.91 Å². The molecule has 2 aromatic rings. The second kappa shape index (κ2) is 7.83. The Morgan fingerprint density at radius 3 is 2.54 bits per heavy atom. The van der Waals surface area contributed by atoms with Crippen LogP contribution in [0.25, 0.3) is 10.9 Å². The van der Waals surface area contributed by atoms with E-state index >= 15 is 0 Å². The third kappa shape index (κ3) is 3.39. The zero-order valence-electron chi connectivity index (χ0n) is 17.0. The van der Waals surface area contributed by atoms with E-state index < -0.39 is 0 Å². The second-order valence-corrected chi connectivity index (χ2v) is 7.73. The Hall–Kier alpha value is -1.81. The van der Waals surface area contributed by atoms with Gasteiger partial charge in [0.25, 0.3) is 0 Å². The third-order valence-corrected chi connectivity index (χ3v) is 5.77. The third-order valence-electron chi connectivity index (χ3n) is 5.77. The largest absolute Gasteiger partial charge is 0.326 e. The lowest BCUT2D eigenvalue weighted by atomic mass is 10.1. The molecule has 1 aliphatic heterocycles. The van der Waals surface area contributed by atoms with Gasteiger partial charge in [0, 0.05) is 24.0 Å². The molecule has 0 radical (unpaired) electrons. The van der Waals surface area contributed by atoms with E-state index in [2.05, 4.69) is 67.2 Å². The van der Waals surface area contributed by atoms with Gasteiger partial charge in [-0.05, 0) is 64.4 Å². The molecular formula is C22H33N3O. The SMILES string of the molecule is CCCN(CCC)C(C)C(=O)N1CCc2c(C)c3cc(C)ccc3n2C1. The van der Waals surface area contributed by atoms with E-state index in [1.807, 2.05) is 0 Å². The minimum atomic E-state index is -0.0402. The van der Waals surface area contributed by atoms with Crippen molar-refractivity contribution in [1.82, 2.24) is 14.4 Å². The molecule has 1 atom stereocenters. The van der Waals surface area contributed by atoms with Crippen molar-refractivity contribution < 1.29 is 4.79 Å². The molecule has 0 fully saturated rings. The molecule has 1 amide bonds. The summed E-state index contributed by atoms with van der Waals surface area (Å²) in [4.78, 5) is 17.6. The maximum absolute atomic E-state index is 13.2. The zero-order valence-corrected chi connectivity index (χ0v) is 17.0. The number of fused-ring (bicyclic) bond motifs is 3. The Bertz CT molecular complexity index is 786. The normalized spacial score (nSPS) is 15.5. The number of rotatable bonds is 6. The Balaban J connectivity index is 1.84. The van der Waals surface area contributed by atoms with Crippen LogP contribution in [0.4, 0.5) is 0 Å². The van der Waals surface area contributed by atoms with Gasteiger partial charge < -0.3 is 9.47 Å². The molecule has 3 rings (SSSR count). The number of benzene rings is 1. The summed E-state index contributed by atoms with van der Waals surface area (Å²) in [5.41, 5.74) is 5.32. The molecule has 142 valence electrons. The molecule has 0 bridgehead atoms. The minimum absolute atomic E-state index is 0.0402. The summed E-state index contributed by atoms with van der Waals surface area (Å²) >= 11 is 0. The van der Waals surface area contributed by atoms with Crippen LogP contribution in [-0.4, -0.2) is 46.0 Å². The molecule has 2 heterocycles. The van der Waals surface area contributed by atoms with Crippen LogP contribution >= 0.6 is 0 Å². The fraction of sp³-hybridized carbons (Fsp3) is 0.591. The summed E-state index contributed by atoms with van der Waals surface area (Å²) in [6, 6.07) is 6.61. The summed E-state index contributed by atoms with van der Waals surface area (Å²) in [5, 5.41) is 1.33. The first-order valence-electron chi connectivity index (χ1n) is 10.1. The van der Waals surface area contributed by atoms with E-state index in [0.717, 1.165) is 38.9 Å². The van der Waals surface area contributed by atoms with Crippen molar-refractivity contribution in [1.29, 1.82) is 0 Å². The minimum Gasteiger partial charge on any atom is -0.326 e. The summed E-state index contributed by atoms with van der Waals surface area (Å²) in [5.74, 6) is 0.268. The predicted octanol–water partition coefficient (Wildman–Crippen LogP) is 4.11. The fourth-order valence-electron chi connectivity index (χ4n) is 4.33. The van der Waals surface area contributed by atoms with Crippen LogP contribution in [-0.2, 0) is 17.9 Å². The van der Waals surface area contributed by atoms with Crippen molar-refractivity contribution >= 4 is 16.8 Å². The highest BCUT2D eigenvalue weighted by Crippen LogP contribution is 2.30. The van der Waals surface area contributed by atoms with Crippen molar-refractivity contribution in [2.75, 3.05) is 19.6 Å². The summed E-state index contributed by atoms with van der Waals surface area (Å²) in [6.07, 6.45) is 3.12. The predicted molar refractivity (Wildman–Crippen MR) is 108 cm³/mol. The molecule has 1 aromatic heterocycles. The highest BCUT2D eigenvalue weighted by molar-refractivity contribution is 5.87. The molecule has 0 saturated heterocycles. The lowest BCUT2D eigenvalue weighted by Crippen LogP contribution is -2.50. The summed E-state index contributed by atoms with van der Waals surface area (Å²) in [6.45, 7) is 14.3. The fourth-order valence-corrected chi connectivity index (χ4v) is 4.33. The Labute approximate surface area is 157 Å². The topological polar surface area (TPSA) is 28.5 Å². The van der Waals surface area contributed by atoms with E-state index in [1.54, 1.807) is 0 Å². The number of nitrogens with zero attached hydrogens (tertiary/aromatic N) is 3. The van der Waals surface area contributed by atoms with E-state index in [0.29, 0.717) is 6.67 Å². The molecule has 1 unspecified atom stereocenters. The van der Waals surface area contributed by atoms with Crippen LogP contribution in [0.2, 0.25) is 0 Å². The van der Waals surface area contributed by atoms with E-state index in [1.165, 1.54) is 27.7 Å². The monoisotopic (exact) mass is 355 g/mol. The quantitative estimate of drug-likeness (QED) is 0.780. The van der Waals surface area contributed by atoms with E-state index in [-0.39, 0.29) is 11.9 Å². The number of hydrogen-bond acceptors (Lipinski definition) is 2. The lowest BCUT2D eigenvalue weighted by molar-refractivity contribution is -0.138. The van der Waals surface area contributed by atoms with Gasteiger partial charge in [0.15, 0.2) is 0 Å². The van der Waals surface area contributed by atoms with Crippen LogP contribution in [0.5, 0.6) is 0 Å². The van der Waals surface area contributed by atoms with Gasteiger partial charge in [-0.15, -0.1) is 0 Å². The van der Waals surface area contributed by atoms with Gasteiger partial charge in [0.05, 0.1) is 18.2 Å². The highest BCUT2D eigenvalue weighted by Gasteiger charge is 2.29. The van der Waals surface area contributed by atoms with Crippen LogP contribution in [0.1, 0.15) is 50.4 Å². The highest BCUT2D eigenvalue weighted by atomic mass is 16.2. The molecule has 4 nitrogen and oxygen atoms in total. The zero-order chi connectivity index (χ0) is 18.8. The smallest absolute Gasteiger partial charge is 0.241 e. The molecule has 1 aliphatic rings.